The van der Waals surface area contributed by atoms with Crippen LogP contribution in [0.4, 0.5) is 11.5 Å². The van der Waals surface area contributed by atoms with Crippen LogP contribution in [-0.4, -0.2) is 20.3 Å². The molecule has 0 saturated carbocycles. The van der Waals surface area contributed by atoms with Crippen molar-refractivity contribution >= 4 is 33.2 Å². The molecule has 6 heteroatoms. The van der Waals surface area contributed by atoms with E-state index in [-0.39, 0.29) is 5.75 Å². The first-order valence-corrected chi connectivity index (χ1v) is 11.2. The molecule has 0 aliphatic heterocycles. The summed E-state index contributed by atoms with van der Waals surface area (Å²) in [4.78, 5) is 4.29. The molecule has 0 atom stereocenters. The molecule has 0 fully saturated rings. The monoisotopic (exact) mass is 456 g/mol. The number of nitrogens with one attached hydrogen (secondary N) is 1. The van der Waals surface area contributed by atoms with Gasteiger partial charge in [0.1, 0.15) is 22.9 Å². The maximum absolute atomic E-state index is 9.70. The van der Waals surface area contributed by atoms with Gasteiger partial charge in [-0.2, -0.15) is 0 Å². The summed E-state index contributed by atoms with van der Waals surface area (Å²) in [5.74, 6) is 2.22. The Bertz CT molecular complexity index is 1650. The first kappa shape index (κ1) is 20.6. The predicted molar refractivity (Wildman–Crippen MR) is 138 cm³/mol. The third-order valence-corrected chi connectivity index (χ3v) is 5.77. The molecule has 0 aliphatic carbocycles. The van der Waals surface area contributed by atoms with E-state index >= 15 is 0 Å². The van der Waals surface area contributed by atoms with Gasteiger partial charge in [0, 0.05) is 39.7 Å². The maximum atomic E-state index is 9.70. The minimum absolute atomic E-state index is 0.171. The molecule has 6 rings (SSSR count). The number of rotatable bonds is 5. The van der Waals surface area contributed by atoms with E-state index in [0.29, 0.717) is 22.8 Å². The number of aromatic hydroxyl groups is 1. The molecule has 168 valence electrons. The molecule has 4 aromatic carbocycles. The smallest absolute Gasteiger partial charge is 0.161 e. The van der Waals surface area contributed by atoms with Gasteiger partial charge in [-0.05, 0) is 42.5 Å². The normalized spacial score (nSPS) is 11.0. The number of hydrogen-bond donors (Lipinski definition) is 2. The Labute approximate surface area is 201 Å². The number of phenolic OH excluding ortho intramolecular Hbond substituents is 1. The van der Waals surface area contributed by atoms with Crippen molar-refractivity contribution in [2.45, 2.75) is 0 Å². The van der Waals surface area contributed by atoms with Crippen molar-refractivity contribution in [3.05, 3.63) is 109 Å². The Kier molecular flexibility index (Phi) is 5.16. The van der Waals surface area contributed by atoms with Gasteiger partial charge in [-0.15, -0.1) is 10.2 Å². The van der Waals surface area contributed by atoms with Crippen LogP contribution in [0.25, 0.3) is 32.9 Å². The van der Waals surface area contributed by atoms with Gasteiger partial charge >= 0.3 is 0 Å². The Morgan fingerprint density at radius 3 is 2.29 bits per heavy atom. The molecule has 0 amide bonds. The standard InChI is InChI=1S/C29H20N4O2/c34-21-12-15-25-26(18-21)30-17-16-27(25)35-22-13-10-20(11-14-22)31-29-24-9-5-4-8-23(24)28(32-33-29)19-6-2-1-3-7-19/h1-18,34H,(H,31,33). The summed E-state index contributed by atoms with van der Waals surface area (Å²) in [6.07, 6.45) is 1.66. The van der Waals surface area contributed by atoms with Gasteiger partial charge in [0.05, 0.1) is 5.52 Å². The fourth-order valence-corrected chi connectivity index (χ4v) is 4.07. The van der Waals surface area contributed by atoms with Crippen molar-refractivity contribution in [1.29, 1.82) is 0 Å². The molecule has 0 bridgehead atoms. The SMILES string of the molecule is Oc1ccc2c(Oc3ccc(Nc4nnc(-c5ccccc5)c5ccccc45)cc3)ccnc2c1. The summed E-state index contributed by atoms with van der Waals surface area (Å²) < 4.78 is 6.09. The summed E-state index contributed by atoms with van der Waals surface area (Å²) in [6, 6.07) is 32.7. The van der Waals surface area contributed by atoms with Gasteiger partial charge in [0.2, 0.25) is 0 Å². The molecule has 35 heavy (non-hydrogen) atoms. The summed E-state index contributed by atoms with van der Waals surface area (Å²) in [7, 11) is 0. The van der Waals surface area contributed by atoms with Crippen molar-refractivity contribution in [1.82, 2.24) is 15.2 Å². The van der Waals surface area contributed by atoms with Crippen LogP contribution in [0.2, 0.25) is 0 Å². The zero-order valence-corrected chi connectivity index (χ0v) is 18.6. The van der Waals surface area contributed by atoms with Gasteiger partial charge < -0.3 is 15.2 Å². The van der Waals surface area contributed by atoms with Crippen molar-refractivity contribution in [3.8, 4) is 28.5 Å². The average molecular weight is 457 g/mol. The molecular formula is C29H20N4O2. The van der Waals surface area contributed by atoms with E-state index in [1.165, 1.54) is 0 Å². The molecule has 0 spiro atoms. The fourth-order valence-electron chi connectivity index (χ4n) is 4.07. The third kappa shape index (κ3) is 4.09. The number of benzene rings is 4. The molecule has 6 aromatic rings. The van der Waals surface area contributed by atoms with Crippen molar-refractivity contribution in [3.63, 3.8) is 0 Å². The Balaban J connectivity index is 1.27. The topological polar surface area (TPSA) is 80.2 Å². The highest BCUT2D eigenvalue weighted by molar-refractivity contribution is 6.00. The number of phenols is 1. The summed E-state index contributed by atoms with van der Waals surface area (Å²) in [6.45, 7) is 0. The van der Waals surface area contributed by atoms with E-state index in [1.807, 2.05) is 78.9 Å². The minimum atomic E-state index is 0.171. The van der Waals surface area contributed by atoms with E-state index in [2.05, 4.69) is 26.6 Å². The van der Waals surface area contributed by atoms with E-state index in [9.17, 15) is 5.11 Å². The first-order valence-electron chi connectivity index (χ1n) is 11.2. The number of nitrogens with zero attached hydrogens (tertiary/aromatic N) is 3. The molecule has 0 aliphatic rings. The lowest BCUT2D eigenvalue weighted by Gasteiger charge is -2.12. The minimum Gasteiger partial charge on any atom is -0.508 e. The van der Waals surface area contributed by atoms with Crippen molar-refractivity contribution < 1.29 is 9.84 Å². The number of pyridine rings is 1. The number of anilines is 2. The number of fused-ring (bicyclic) bond motifs is 2. The molecule has 0 unspecified atom stereocenters. The number of ether oxygens (including phenoxy) is 1. The summed E-state index contributed by atoms with van der Waals surface area (Å²) in [5, 5.41) is 25.0. The van der Waals surface area contributed by atoms with E-state index in [4.69, 9.17) is 4.74 Å². The second-order valence-electron chi connectivity index (χ2n) is 8.07. The second-order valence-corrected chi connectivity index (χ2v) is 8.07. The van der Waals surface area contributed by atoms with Gasteiger partial charge in [-0.3, -0.25) is 4.98 Å². The van der Waals surface area contributed by atoms with Gasteiger partial charge in [-0.25, -0.2) is 0 Å². The second kappa shape index (κ2) is 8.76. The zero-order chi connectivity index (χ0) is 23.6. The molecule has 2 heterocycles. The van der Waals surface area contributed by atoms with Gasteiger partial charge in [0.25, 0.3) is 0 Å². The quantitative estimate of drug-likeness (QED) is 0.288. The number of aromatic nitrogens is 3. The predicted octanol–water partition coefficient (Wildman–Crippen LogP) is 7.09. The Morgan fingerprint density at radius 1 is 0.686 bits per heavy atom. The van der Waals surface area contributed by atoms with Crippen LogP contribution in [-0.2, 0) is 0 Å². The highest BCUT2D eigenvalue weighted by Gasteiger charge is 2.11. The highest BCUT2D eigenvalue weighted by atomic mass is 16.5. The Hall–Kier alpha value is -4.97. The van der Waals surface area contributed by atoms with Crippen LogP contribution in [0.1, 0.15) is 0 Å². The lowest BCUT2D eigenvalue weighted by atomic mass is 10.0. The summed E-state index contributed by atoms with van der Waals surface area (Å²) in [5.41, 5.74) is 3.43. The van der Waals surface area contributed by atoms with Crippen LogP contribution in [0, 0.1) is 0 Å². The van der Waals surface area contributed by atoms with Gasteiger partial charge in [0.15, 0.2) is 5.82 Å². The lowest BCUT2D eigenvalue weighted by molar-refractivity contribution is 0.475. The fraction of sp³-hybridized carbons (Fsp3) is 0. The van der Waals surface area contributed by atoms with E-state index in [1.54, 1.807) is 24.4 Å². The van der Waals surface area contributed by atoms with Crippen LogP contribution in [0.5, 0.6) is 17.2 Å². The van der Waals surface area contributed by atoms with E-state index < -0.39 is 0 Å². The average Bonchev–Trinajstić information content (AvgIpc) is 2.90. The molecule has 0 radical (unpaired) electrons. The van der Waals surface area contributed by atoms with Crippen LogP contribution >= 0.6 is 0 Å². The van der Waals surface area contributed by atoms with E-state index in [0.717, 1.165) is 33.1 Å². The molecule has 0 saturated heterocycles. The first-order chi connectivity index (χ1) is 17.2. The molecular weight excluding hydrogens is 436 g/mol. The van der Waals surface area contributed by atoms with Crippen LogP contribution in [0.15, 0.2) is 109 Å². The largest absolute Gasteiger partial charge is 0.508 e. The zero-order valence-electron chi connectivity index (χ0n) is 18.6. The Morgan fingerprint density at radius 2 is 1.46 bits per heavy atom. The van der Waals surface area contributed by atoms with Crippen molar-refractivity contribution in [2.75, 3.05) is 5.32 Å². The van der Waals surface area contributed by atoms with Crippen LogP contribution in [0.3, 0.4) is 0 Å². The molecule has 2 aromatic heterocycles. The lowest BCUT2D eigenvalue weighted by Crippen LogP contribution is -1.99. The van der Waals surface area contributed by atoms with Crippen molar-refractivity contribution in [2.24, 2.45) is 0 Å². The van der Waals surface area contributed by atoms with Gasteiger partial charge in [-0.1, -0.05) is 54.6 Å². The highest BCUT2D eigenvalue weighted by Crippen LogP contribution is 2.33. The molecule has 2 N–H and O–H groups in total. The third-order valence-electron chi connectivity index (χ3n) is 5.77. The number of hydrogen-bond acceptors (Lipinski definition) is 6. The van der Waals surface area contributed by atoms with Crippen LogP contribution < -0.4 is 10.1 Å². The summed E-state index contributed by atoms with van der Waals surface area (Å²) >= 11 is 0. The maximum Gasteiger partial charge on any atom is 0.161 e. The molecule has 6 nitrogen and oxygen atoms in total.